The monoisotopic (exact) mass is 345 g/mol. The molecule has 0 radical (unpaired) electrons. The molecule has 0 aliphatic carbocycles. The highest BCUT2D eigenvalue weighted by atomic mass is 79.9. The maximum Gasteiger partial charge on any atom is 0.124 e. The number of aromatic hydroxyl groups is 1. The van der Waals surface area contributed by atoms with Crippen LogP contribution in [0.1, 0.15) is 4.88 Å². The zero-order chi connectivity index (χ0) is 14.1. The van der Waals surface area contributed by atoms with Crippen LogP contribution in [0.4, 0.5) is 0 Å². The SMILES string of the molecule is Cc1sc(-c2cccc(O)c2)nc1-c1cccc(Br)c1. The van der Waals surface area contributed by atoms with E-state index in [1.54, 1.807) is 23.5 Å². The average molecular weight is 346 g/mol. The van der Waals surface area contributed by atoms with Gasteiger partial charge in [0.25, 0.3) is 0 Å². The molecule has 0 unspecified atom stereocenters. The fourth-order valence-electron chi connectivity index (χ4n) is 2.06. The fourth-order valence-corrected chi connectivity index (χ4v) is 3.39. The Morgan fingerprint density at radius 3 is 2.55 bits per heavy atom. The Morgan fingerprint density at radius 2 is 1.80 bits per heavy atom. The van der Waals surface area contributed by atoms with Crippen molar-refractivity contribution in [3.63, 3.8) is 0 Å². The van der Waals surface area contributed by atoms with Gasteiger partial charge in [-0.05, 0) is 31.2 Å². The fraction of sp³-hybridized carbons (Fsp3) is 0.0625. The molecule has 0 aliphatic rings. The quantitative estimate of drug-likeness (QED) is 0.687. The molecule has 0 aliphatic heterocycles. The zero-order valence-electron chi connectivity index (χ0n) is 10.8. The van der Waals surface area contributed by atoms with Crippen LogP contribution in [-0.2, 0) is 0 Å². The molecule has 4 heteroatoms. The highest BCUT2D eigenvalue weighted by molar-refractivity contribution is 9.10. The Hall–Kier alpha value is -1.65. The Labute approximate surface area is 129 Å². The van der Waals surface area contributed by atoms with E-state index in [1.165, 1.54) is 4.88 Å². The number of halogens is 1. The summed E-state index contributed by atoms with van der Waals surface area (Å²) in [6.45, 7) is 2.07. The van der Waals surface area contributed by atoms with E-state index in [0.29, 0.717) is 0 Å². The minimum atomic E-state index is 0.263. The molecule has 3 aromatic rings. The smallest absolute Gasteiger partial charge is 0.124 e. The number of nitrogens with zero attached hydrogens (tertiary/aromatic N) is 1. The van der Waals surface area contributed by atoms with Crippen molar-refractivity contribution in [2.24, 2.45) is 0 Å². The molecule has 1 aromatic heterocycles. The van der Waals surface area contributed by atoms with Gasteiger partial charge in [-0.2, -0.15) is 0 Å². The highest BCUT2D eigenvalue weighted by Gasteiger charge is 2.11. The molecular weight excluding hydrogens is 334 g/mol. The van der Waals surface area contributed by atoms with Crippen molar-refractivity contribution >= 4 is 27.3 Å². The van der Waals surface area contributed by atoms with Gasteiger partial charge < -0.3 is 5.11 Å². The minimum Gasteiger partial charge on any atom is -0.508 e. The van der Waals surface area contributed by atoms with Crippen LogP contribution >= 0.6 is 27.3 Å². The van der Waals surface area contributed by atoms with Gasteiger partial charge in [0.2, 0.25) is 0 Å². The first-order chi connectivity index (χ1) is 9.63. The van der Waals surface area contributed by atoms with Crippen LogP contribution in [0.25, 0.3) is 21.8 Å². The van der Waals surface area contributed by atoms with E-state index < -0.39 is 0 Å². The van der Waals surface area contributed by atoms with E-state index in [-0.39, 0.29) is 5.75 Å². The molecule has 0 bridgehead atoms. The number of phenolic OH excluding ortho intramolecular Hbond substituents is 1. The molecule has 2 nitrogen and oxygen atoms in total. The number of hydrogen-bond donors (Lipinski definition) is 1. The van der Waals surface area contributed by atoms with Crippen molar-refractivity contribution in [2.45, 2.75) is 6.92 Å². The third-order valence-electron chi connectivity index (χ3n) is 2.99. The van der Waals surface area contributed by atoms with Gasteiger partial charge in [-0.25, -0.2) is 4.98 Å². The lowest BCUT2D eigenvalue weighted by Gasteiger charge is -1.99. The van der Waals surface area contributed by atoms with E-state index in [0.717, 1.165) is 26.3 Å². The van der Waals surface area contributed by atoms with Crippen LogP contribution in [-0.4, -0.2) is 10.1 Å². The van der Waals surface area contributed by atoms with Crippen LogP contribution < -0.4 is 0 Å². The first-order valence-corrected chi connectivity index (χ1v) is 7.77. The summed E-state index contributed by atoms with van der Waals surface area (Å²) in [7, 11) is 0. The second-order valence-corrected chi connectivity index (χ2v) is 6.60. The van der Waals surface area contributed by atoms with Gasteiger partial charge in [-0.1, -0.05) is 40.2 Å². The second kappa shape index (κ2) is 5.38. The Bertz CT molecular complexity index is 767. The summed E-state index contributed by atoms with van der Waals surface area (Å²) in [5, 5.41) is 10.5. The standard InChI is InChI=1S/C16H12BrNOS/c1-10-15(11-4-2-6-13(17)8-11)18-16(20-10)12-5-3-7-14(19)9-12/h2-9,19H,1H3. The molecule has 1 N–H and O–H groups in total. The van der Waals surface area contributed by atoms with E-state index in [2.05, 4.69) is 35.0 Å². The van der Waals surface area contributed by atoms with Crippen molar-refractivity contribution < 1.29 is 5.11 Å². The molecule has 0 fully saturated rings. The number of phenols is 1. The number of aromatic nitrogens is 1. The third-order valence-corrected chi connectivity index (χ3v) is 4.50. The number of thiazole rings is 1. The zero-order valence-corrected chi connectivity index (χ0v) is 13.2. The molecule has 0 atom stereocenters. The summed E-state index contributed by atoms with van der Waals surface area (Å²) in [5.74, 6) is 0.263. The van der Waals surface area contributed by atoms with E-state index in [4.69, 9.17) is 4.98 Å². The average Bonchev–Trinajstić information content (AvgIpc) is 2.81. The van der Waals surface area contributed by atoms with Gasteiger partial charge in [-0.15, -0.1) is 11.3 Å². The highest BCUT2D eigenvalue weighted by Crippen LogP contribution is 2.34. The summed E-state index contributed by atoms with van der Waals surface area (Å²) in [6, 6.07) is 15.3. The Kier molecular flexibility index (Phi) is 3.59. The summed E-state index contributed by atoms with van der Waals surface area (Å²) in [5.41, 5.74) is 3.04. The van der Waals surface area contributed by atoms with Crippen LogP contribution in [0.3, 0.4) is 0 Å². The molecule has 1 heterocycles. The van der Waals surface area contributed by atoms with Crippen molar-refractivity contribution in [2.75, 3.05) is 0 Å². The third kappa shape index (κ3) is 2.62. The molecule has 0 saturated heterocycles. The second-order valence-electron chi connectivity index (χ2n) is 4.48. The molecule has 20 heavy (non-hydrogen) atoms. The topological polar surface area (TPSA) is 33.1 Å². The maximum absolute atomic E-state index is 9.57. The number of hydrogen-bond acceptors (Lipinski definition) is 3. The lowest BCUT2D eigenvalue weighted by atomic mass is 10.1. The predicted octanol–water partition coefficient (Wildman–Crippen LogP) is 5.25. The summed E-state index contributed by atoms with van der Waals surface area (Å²) in [6.07, 6.45) is 0. The minimum absolute atomic E-state index is 0.263. The molecule has 3 rings (SSSR count). The van der Waals surface area contributed by atoms with E-state index in [1.807, 2.05) is 24.3 Å². The molecular formula is C16H12BrNOS. The van der Waals surface area contributed by atoms with Gasteiger partial charge >= 0.3 is 0 Å². The molecule has 0 amide bonds. The molecule has 0 spiro atoms. The summed E-state index contributed by atoms with van der Waals surface area (Å²) >= 11 is 5.13. The van der Waals surface area contributed by atoms with Gasteiger partial charge in [0.1, 0.15) is 10.8 Å². The largest absolute Gasteiger partial charge is 0.508 e. The lowest BCUT2D eigenvalue weighted by Crippen LogP contribution is -1.81. The normalized spacial score (nSPS) is 10.7. The van der Waals surface area contributed by atoms with Crippen LogP contribution in [0.2, 0.25) is 0 Å². The molecule has 0 saturated carbocycles. The van der Waals surface area contributed by atoms with Crippen molar-refractivity contribution in [3.8, 4) is 27.6 Å². The van der Waals surface area contributed by atoms with E-state index in [9.17, 15) is 5.11 Å². The molecule has 100 valence electrons. The van der Waals surface area contributed by atoms with Gasteiger partial charge in [0.15, 0.2) is 0 Å². The van der Waals surface area contributed by atoms with Crippen LogP contribution in [0.5, 0.6) is 5.75 Å². The Balaban J connectivity index is 2.08. The first-order valence-electron chi connectivity index (χ1n) is 6.16. The number of aryl methyl sites for hydroxylation is 1. The number of benzene rings is 2. The van der Waals surface area contributed by atoms with Crippen molar-refractivity contribution in [1.82, 2.24) is 4.98 Å². The lowest BCUT2D eigenvalue weighted by molar-refractivity contribution is 0.475. The van der Waals surface area contributed by atoms with E-state index >= 15 is 0 Å². The summed E-state index contributed by atoms with van der Waals surface area (Å²) < 4.78 is 1.04. The maximum atomic E-state index is 9.57. The molecule has 2 aromatic carbocycles. The van der Waals surface area contributed by atoms with Crippen molar-refractivity contribution in [1.29, 1.82) is 0 Å². The first kappa shape index (κ1) is 13.3. The van der Waals surface area contributed by atoms with Gasteiger partial charge in [0.05, 0.1) is 5.69 Å². The Morgan fingerprint density at radius 1 is 1.05 bits per heavy atom. The predicted molar refractivity (Wildman–Crippen MR) is 87.1 cm³/mol. The van der Waals surface area contributed by atoms with Crippen LogP contribution in [0, 0.1) is 6.92 Å². The van der Waals surface area contributed by atoms with Crippen molar-refractivity contribution in [3.05, 3.63) is 57.9 Å². The summed E-state index contributed by atoms with van der Waals surface area (Å²) in [4.78, 5) is 5.89. The number of rotatable bonds is 2. The van der Waals surface area contributed by atoms with Gasteiger partial charge in [0, 0.05) is 20.5 Å². The van der Waals surface area contributed by atoms with Gasteiger partial charge in [-0.3, -0.25) is 0 Å². The van der Waals surface area contributed by atoms with Crippen LogP contribution in [0.15, 0.2) is 53.0 Å².